The number of para-hydroxylation sites is 1. The Balaban J connectivity index is 1.05. The van der Waals surface area contributed by atoms with Gasteiger partial charge in [-0.3, -0.25) is 0 Å². The molecule has 0 fully saturated rings. The molecule has 0 saturated carbocycles. The second-order valence-electron chi connectivity index (χ2n) is 15.3. The van der Waals surface area contributed by atoms with Crippen LogP contribution in [0.5, 0.6) is 0 Å². The lowest BCUT2D eigenvalue weighted by Gasteiger charge is -2.14. The Morgan fingerprint density at radius 1 is 0.286 bits per heavy atom. The fourth-order valence-corrected chi connectivity index (χ4v) is 9.94. The Labute approximate surface area is 322 Å². The number of hydrogen-bond acceptors (Lipinski definition) is 0. The van der Waals surface area contributed by atoms with Gasteiger partial charge in [0.05, 0.1) is 27.8 Å². The molecular formula is C54H32N2. The molecule has 10 aromatic carbocycles. The van der Waals surface area contributed by atoms with Crippen molar-refractivity contribution in [2.45, 2.75) is 0 Å². The zero-order chi connectivity index (χ0) is 36.5. The van der Waals surface area contributed by atoms with E-state index in [0.29, 0.717) is 0 Å². The van der Waals surface area contributed by atoms with Crippen LogP contribution in [0.15, 0.2) is 194 Å². The molecule has 0 N–H and O–H groups in total. The Hall–Kier alpha value is -7.42. The Morgan fingerprint density at radius 2 is 0.875 bits per heavy atom. The lowest BCUT2D eigenvalue weighted by atomic mass is 10.00. The minimum atomic E-state index is 1.18. The lowest BCUT2D eigenvalue weighted by molar-refractivity contribution is 1.19. The normalized spacial score (nSPS) is 12.3. The molecule has 0 radical (unpaired) electrons. The largest absolute Gasteiger partial charge is 0.309 e. The highest BCUT2D eigenvalue weighted by Crippen LogP contribution is 2.49. The van der Waals surface area contributed by atoms with Crippen molar-refractivity contribution in [1.29, 1.82) is 0 Å². The van der Waals surface area contributed by atoms with E-state index in [1.54, 1.807) is 0 Å². The van der Waals surface area contributed by atoms with Crippen LogP contribution < -0.4 is 0 Å². The van der Waals surface area contributed by atoms with Crippen molar-refractivity contribution in [1.82, 2.24) is 9.13 Å². The third-order valence-electron chi connectivity index (χ3n) is 12.4. The van der Waals surface area contributed by atoms with Gasteiger partial charge in [-0.25, -0.2) is 0 Å². The van der Waals surface area contributed by atoms with E-state index >= 15 is 0 Å². The average Bonchev–Trinajstić information content (AvgIpc) is 3.90. The maximum atomic E-state index is 2.53. The standard InChI is InChI=1S/C54H32N2/c1-2-12-35-30-38(24-20-33(35)10-1)55-49-19-8-7-16-42(49)47-31-36(22-27-51(47)55)37-23-28-52-48(32-37)45-25-21-34-11-3-4-13-39(34)54(45)56(52)50-29-26-44-41-15-6-5-14-40(41)43-17-9-18-46(50)53(43)44/h1-32H. The molecule has 2 heteroatoms. The van der Waals surface area contributed by atoms with Gasteiger partial charge in [0, 0.05) is 38.0 Å². The first kappa shape index (κ1) is 30.0. The predicted octanol–water partition coefficient (Wildman–Crippen LogP) is 14.7. The molecule has 2 heterocycles. The molecule has 258 valence electrons. The summed E-state index contributed by atoms with van der Waals surface area (Å²) in [6.07, 6.45) is 0. The van der Waals surface area contributed by atoms with Gasteiger partial charge in [0.15, 0.2) is 0 Å². The molecule has 1 aliphatic rings. The van der Waals surface area contributed by atoms with Crippen molar-refractivity contribution in [3.05, 3.63) is 194 Å². The Kier molecular flexibility index (Phi) is 5.92. The minimum absolute atomic E-state index is 1.18. The average molecular weight is 709 g/mol. The van der Waals surface area contributed by atoms with E-state index in [0.717, 1.165) is 0 Å². The van der Waals surface area contributed by atoms with Crippen molar-refractivity contribution < 1.29 is 0 Å². The van der Waals surface area contributed by atoms with E-state index < -0.39 is 0 Å². The molecule has 13 rings (SSSR count). The van der Waals surface area contributed by atoms with E-state index in [1.165, 1.54) is 121 Å². The highest BCUT2D eigenvalue weighted by atomic mass is 15.0. The molecular weight excluding hydrogens is 677 g/mol. The first-order valence-electron chi connectivity index (χ1n) is 19.4. The second kappa shape index (κ2) is 11.1. The number of fused-ring (bicyclic) bond motifs is 12. The number of hydrogen-bond donors (Lipinski definition) is 0. The summed E-state index contributed by atoms with van der Waals surface area (Å²) in [5, 5.41) is 12.7. The zero-order valence-electron chi connectivity index (χ0n) is 30.4. The van der Waals surface area contributed by atoms with Gasteiger partial charge < -0.3 is 9.13 Å². The molecule has 0 spiro atoms. The zero-order valence-corrected chi connectivity index (χ0v) is 30.4. The number of benzene rings is 10. The van der Waals surface area contributed by atoms with Crippen LogP contribution in [0.3, 0.4) is 0 Å². The Bertz CT molecular complexity index is 3620. The summed E-state index contributed by atoms with van der Waals surface area (Å²) in [5.74, 6) is 0. The van der Waals surface area contributed by atoms with Gasteiger partial charge in [0.1, 0.15) is 0 Å². The van der Waals surface area contributed by atoms with Gasteiger partial charge >= 0.3 is 0 Å². The topological polar surface area (TPSA) is 9.86 Å². The molecule has 0 saturated heterocycles. The first-order chi connectivity index (χ1) is 27.8. The van der Waals surface area contributed by atoms with Crippen LogP contribution in [0, 0.1) is 0 Å². The van der Waals surface area contributed by atoms with Crippen molar-refractivity contribution in [2.24, 2.45) is 0 Å². The van der Waals surface area contributed by atoms with Gasteiger partial charge in [-0.15, -0.1) is 0 Å². The summed E-state index contributed by atoms with van der Waals surface area (Å²) >= 11 is 0. The molecule has 2 aromatic heterocycles. The van der Waals surface area contributed by atoms with E-state index in [1.807, 2.05) is 0 Å². The van der Waals surface area contributed by atoms with Crippen LogP contribution in [-0.4, -0.2) is 9.13 Å². The Morgan fingerprint density at radius 3 is 1.70 bits per heavy atom. The first-order valence-corrected chi connectivity index (χ1v) is 19.4. The lowest BCUT2D eigenvalue weighted by Crippen LogP contribution is -1.96. The van der Waals surface area contributed by atoms with Gasteiger partial charge in [-0.05, 0) is 103 Å². The fourth-order valence-electron chi connectivity index (χ4n) is 9.94. The van der Waals surface area contributed by atoms with Crippen molar-refractivity contribution in [2.75, 3.05) is 0 Å². The van der Waals surface area contributed by atoms with E-state index in [-0.39, 0.29) is 0 Å². The van der Waals surface area contributed by atoms with Crippen LogP contribution in [-0.2, 0) is 0 Å². The quantitative estimate of drug-likeness (QED) is 0.173. The summed E-state index contributed by atoms with van der Waals surface area (Å²) in [4.78, 5) is 0. The SMILES string of the molecule is c1ccc2c(c1)-c1cccc3c(-n4c5ccc(-c6ccc7c(c6)c6ccccc6n7-c6ccc7ccccc7c6)cc5c5ccc6ccccc6c54)ccc-2c13. The molecule has 0 unspecified atom stereocenters. The summed E-state index contributed by atoms with van der Waals surface area (Å²) in [6.45, 7) is 0. The molecule has 1 aliphatic carbocycles. The van der Waals surface area contributed by atoms with Crippen LogP contribution >= 0.6 is 0 Å². The monoisotopic (exact) mass is 708 g/mol. The highest BCUT2D eigenvalue weighted by molar-refractivity contribution is 6.22. The van der Waals surface area contributed by atoms with E-state index in [4.69, 9.17) is 0 Å². The summed E-state index contributed by atoms with van der Waals surface area (Å²) in [7, 11) is 0. The van der Waals surface area contributed by atoms with Gasteiger partial charge in [0.2, 0.25) is 0 Å². The van der Waals surface area contributed by atoms with Crippen LogP contribution in [0.2, 0.25) is 0 Å². The van der Waals surface area contributed by atoms with Crippen molar-refractivity contribution in [3.63, 3.8) is 0 Å². The minimum Gasteiger partial charge on any atom is -0.309 e. The summed E-state index contributed by atoms with van der Waals surface area (Å²) in [6, 6.07) is 72.1. The molecule has 2 nitrogen and oxygen atoms in total. The number of rotatable bonds is 3. The molecule has 0 atom stereocenters. The summed E-state index contributed by atoms with van der Waals surface area (Å²) in [5.41, 5.74) is 15.0. The van der Waals surface area contributed by atoms with Crippen LogP contribution in [0.1, 0.15) is 0 Å². The molecule has 0 amide bonds. The molecule has 56 heavy (non-hydrogen) atoms. The number of nitrogens with zero attached hydrogens (tertiary/aromatic N) is 2. The second-order valence-corrected chi connectivity index (χ2v) is 15.3. The van der Waals surface area contributed by atoms with Crippen molar-refractivity contribution >= 4 is 75.9 Å². The fraction of sp³-hybridized carbons (Fsp3) is 0. The van der Waals surface area contributed by atoms with Gasteiger partial charge in [-0.2, -0.15) is 0 Å². The van der Waals surface area contributed by atoms with Crippen LogP contribution in [0.4, 0.5) is 0 Å². The van der Waals surface area contributed by atoms with Crippen LogP contribution in [0.25, 0.3) is 121 Å². The smallest absolute Gasteiger partial charge is 0.0619 e. The number of aromatic nitrogens is 2. The van der Waals surface area contributed by atoms with E-state index in [9.17, 15) is 0 Å². The summed E-state index contributed by atoms with van der Waals surface area (Å²) < 4.78 is 4.95. The van der Waals surface area contributed by atoms with E-state index in [2.05, 4.69) is 203 Å². The van der Waals surface area contributed by atoms with Gasteiger partial charge in [-0.1, -0.05) is 146 Å². The van der Waals surface area contributed by atoms with Gasteiger partial charge in [0.25, 0.3) is 0 Å². The maximum absolute atomic E-state index is 2.53. The molecule has 0 aliphatic heterocycles. The third kappa shape index (κ3) is 4.00. The van der Waals surface area contributed by atoms with Crippen molar-refractivity contribution in [3.8, 4) is 44.8 Å². The predicted molar refractivity (Wildman–Crippen MR) is 238 cm³/mol. The highest BCUT2D eigenvalue weighted by Gasteiger charge is 2.24. The molecule has 0 bridgehead atoms. The third-order valence-corrected chi connectivity index (χ3v) is 12.4. The maximum Gasteiger partial charge on any atom is 0.0619 e. The molecule has 12 aromatic rings.